The number of aliphatic hydroxyl groups excluding tert-OH is 1. The lowest BCUT2D eigenvalue weighted by Gasteiger charge is -2.26. The highest BCUT2D eigenvalue weighted by molar-refractivity contribution is 7.79. The zero-order valence-electron chi connectivity index (χ0n) is 11.6. The molecule has 1 rings (SSSR count). The Morgan fingerprint density at radius 2 is 1.80 bits per heavy atom. The Hall–Kier alpha value is -1.39. The van der Waals surface area contributed by atoms with Gasteiger partial charge >= 0.3 is 10.4 Å². The quantitative estimate of drug-likeness (QED) is 0.354. The number of rotatable bonds is 3. The fourth-order valence-electron chi connectivity index (χ4n) is 1.50. The summed E-state index contributed by atoms with van der Waals surface area (Å²) in [4.78, 5) is 1.91. The Morgan fingerprint density at radius 3 is 2.10 bits per heavy atom. The van der Waals surface area contributed by atoms with Gasteiger partial charge in [-0.2, -0.15) is 8.42 Å². The topological polar surface area (TPSA) is 156 Å². The molecule has 1 atom stereocenters. The van der Waals surface area contributed by atoms with E-state index in [0.717, 1.165) is 23.5 Å². The standard InChI is InChI=1S/C11H18N2O.H2O4S.H2O/c1-4-13(9(3)14)10-5-6-11(12)8(2)7-10;1-5(2,3)4;/h5-7,9,14H,4,12H2,1-3H3;(H2,1,2,3,4);1H2. The van der Waals surface area contributed by atoms with Crippen molar-refractivity contribution in [2.24, 2.45) is 0 Å². The molecule has 0 aliphatic rings. The first-order valence-electron chi connectivity index (χ1n) is 5.57. The average Bonchev–Trinajstić information content (AvgIpc) is 2.21. The van der Waals surface area contributed by atoms with Crippen LogP contribution in [-0.4, -0.2) is 40.9 Å². The zero-order chi connectivity index (χ0) is 15.2. The number of nitrogens with zero attached hydrogens (tertiary/aromatic N) is 1. The van der Waals surface area contributed by atoms with Crippen molar-refractivity contribution in [3.8, 4) is 0 Å². The van der Waals surface area contributed by atoms with E-state index in [9.17, 15) is 5.11 Å². The van der Waals surface area contributed by atoms with Crippen molar-refractivity contribution in [3.63, 3.8) is 0 Å². The molecule has 0 aliphatic carbocycles. The molecule has 8 nitrogen and oxygen atoms in total. The first-order valence-corrected chi connectivity index (χ1v) is 6.96. The highest BCUT2D eigenvalue weighted by Crippen LogP contribution is 2.21. The number of aliphatic hydroxyl groups is 1. The molecule has 0 radical (unpaired) electrons. The minimum absolute atomic E-state index is 0. The zero-order valence-corrected chi connectivity index (χ0v) is 12.4. The molecular formula is C11H22N2O6S. The molecule has 0 fully saturated rings. The third kappa shape index (κ3) is 8.67. The molecule has 0 saturated heterocycles. The number of benzene rings is 1. The van der Waals surface area contributed by atoms with Gasteiger partial charge in [0.05, 0.1) is 0 Å². The van der Waals surface area contributed by atoms with E-state index < -0.39 is 16.6 Å². The van der Waals surface area contributed by atoms with E-state index >= 15 is 0 Å². The van der Waals surface area contributed by atoms with Crippen LogP contribution in [0.25, 0.3) is 0 Å². The van der Waals surface area contributed by atoms with Gasteiger partial charge in [0.25, 0.3) is 0 Å². The van der Waals surface area contributed by atoms with E-state index in [1.807, 2.05) is 36.9 Å². The number of anilines is 2. The molecule has 0 spiro atoms. The lowest BCUT2D eigenvalue weighted by molar-refractivity contribution is 0.190. The van der Waals surface area contributed by atoms with Crippen molar-refractivity contribution in [1.29, 1.82) is 0 Å². The summed E-state index contributed by atoms with van der Waals surface area (Å²) in [5.41, 5.74) is 8.56. The predicted octanol–water partition coefficient (Wildman–Crippen LogP) is 0.264. The molecule has 1 aromatic rings. The molecule has 1 unspecified atom stereocenters. The third-order valence-corrected chi connectivity index (χ3v) is 2.38. The van der Waals surface area contributed by atoms with Crippen molar-refractivity contribution in [2.45, 2.75) is 27.0 Å². The van der Waals surface area contributed by atoms with E-state index in [1.165, 1.54) is 0 Å². The number of nitrogens with two attached hydrogens (primary N) is 1. The van der Waals surface area contributed by atoms with Crippen molar-refractivity contribution in [3.05, 3.63) is 23.8 Å². The van der Waals surface area contributed by atoms with Crippen LogP contribution in [0, 0.1) is 6.92 Å². The van der Waals surface area contributed by atoms with Crippen LogP contribution >= 0.6 is 0 Å². The molecular weight excluding hydrogens is 288 g/mol. The van der Waals surface area contributed by atoms with Crippen molar-refractivity contribution in [1.82, 2.24) is 0 Å². The Bertz CT molecular complexity index is 496. The maximum atomic E-state index is 9.52. The average molecular weight is 310 g/mol. The SMILES string of the molecule is CCN(c1ccc(N)c(C)c1)C(C)O.O.O=S(=O)(O)O. The van der Waals surface area contributed by atoms with Crippen LogP contribution in [0.2, 0.25) is 0 Å². The summed E-state index contributed by atoms with van der Waals surface area (Å²) in [7, 11) is -4.67. The lowest BCUT2D eigenvalue weighted by Crippen LogP contribution is -2.32. The number of nitrogen functional groups attached to an aromatic ring is 1. The molecule has 0 aliphatic heterocycles. The highest BCUT2D eigenvalue weighted by Gasteiger charge is 2.09. The smallest absolute Gasteiger partial charge is 0.394 e. The summed E-state index contributed by atoms with van der Waals surface area (Å²) in [5, 5.41) is 9.52. The minimum Gasteiger partial charge on any atom is -0.412 e. The van der Waals surface area contributed by atoms with Gasteiger partial charge in [-0.3, -0.25) is 9.11 Å². The summed E-state index contributed by atoms with van der Waals surface area (Å²) in [6, 6.07) is 5.79. The summed E-state index contributed by atoms with van der Waals surface area (Å²) < 4.78 is 31.6. The summed E-state index contributed by atoms with van der Waals surface area (Å²) >= 11 is 0. The van der Waals surface area contributed by atoms with Crippen LogP contribution < -0.4 is 10.6 Å². The summed E-state index contributed by atoms with van der Waals surface area (Å²) in [6.07, 6.45) is -0.469. The fraction of sp³-hybridized carbons (Fsp3) is 0.455. The lowest BCUT2D eigenvalue weighted by atomic mass is 10.1. The number of aryl methyl sites for hydroxylation is 1. The Labute approximate surface area is 118 Å². The predicted molar refractivity (Wildman–Crippen MR) is 78.1 cm³/mol. The van der Waals surface area contributed by atoms with Gasteiger partial charge in [-0.1, -0.05) is 0 Å². The molecule has 7 N–H and O–H groups in total. The van der Waals surface area contributed by atoms with Crippen LogP contribution in [0.3, 0.4) is 0 Å². The molecule has 0 amide bonds. The van der Waals surface area contributed by atoms with Gasteiger partial charge in [-0.25, -0.2) is 0 Å². The van der Waals surface area contributed by atoms with E-state index in [-0.39, 0.29) is 5.48 Å². The van der Waals surface area contributed by atoms with Gasteiger partial charge in [0, 0.05) is 17.9 Å². The second-order valence-corrected chi connectivity index (χ2v) is 4.80. The Balaban J connectivity index is 0. The van der Waals surface area contributed by atoms with Crippen LogP contribution in [0.5, 0.6) is 0 Å². The molecule has 0 saturated carbocycles. The Morgan fingerprint density at radius 1 is 1.35 bits per heavy atom. The van der Waals surface area contributed by atoms with Crippen LogP contribution in [0.4, 0.5) is 11.4 Å². The van der Waals surface area contributed by atoms with Crippen molar-refractivity contribution < 1.29 is 28.1 Å². The van der Waals surface area contributed by atoms with Gasteiger partial charge < -0.3 is 21.2 Å². The van der Waals surface area contributed by atoms with Gasteiger partial charge in [0.15, 0.2) is 0 Å². The molecule has 0 aromatic heterocycles. The van der Waals surface area contributed by atoms with Crippen LogP contribution in [0.15, 0.2) is 18.2 Å². The summed E-state index contributed by atoms with van der Waals surface area (Å²) in [5.74, 6) is 0. The monoisotopic (exact) mass is 310 g/mol. The first kappa shape index (κ1) is 20.9. The van der Waals surface area contributed by atoms with E-state index in [2.05, 4.69) is 0 Å². The maximum absolute atomic E-state index is 9.52. The Kier molecular flexibility index (Phi) is 9.12. The molecule has 9 heteroatoms. The van der Waals surface area contributed by atoms with Gasteiger partial charge in [-0.15, -0.1) is 0 Å². The van der Waals surface area contributed by atoms with E-state index in [0.29, 0.717) is 0 Å². The molecule has 1 aromatic carbocycles. The van der Waals surface area contributed by atoms with Gasteiger partial charge in [0.1, 0.15) is 6.23 Å². The first-order chi connectivity index (χ1) is 8.56. The second kappa shape index (κ2) is 8.72. The maximum Gasteiger partial charge on any atom is 0.394 e. The third-order valence-electron chi connectivity index (χ3n) is 2.38. The van der Waals surface area contributed by atoms with Crippen LogP contribution in [-0.2, 0) is 10.4 Å². The second-order valence-electron chi connectivity index (χ2n) is 3.91. The minimum atomic E-state index is -4.67. The number of hydrogen-bond donors (Lipinski definition) is 4. The van der Waals surface area contributed by atoms with E-state index in [1.54, 1.807) is 6.92 Å². The normalized spacial score (nSPS) is 11.7. The molecule has 118 valence electrons. The molecule has 0 bridgehead atoms. The molecule has 0 heterocycles. The number of hydrogen-bond acceptors (Lipinski definition) is 5. The molecule has 20 heavy (non-hydrogen) atoms. The summed E-state index contributed by atoms with van der Waals surface area (Å²) in [6.45, 7) is 6.52. The van der Waals surface area contributed by atoms with Crippen molar-refractivity contribution >= 4 is 21.8 Å². The van der Waals surface area contributed by atoms with E-state index in [4.69, 9.17) is 23.3 Å². The highest BCUT2D eigenvalue weighted by atomic mass is 32.3. The van der Waals surface area contributed by atoms with Gasteiger partial charge in [0.2, 0.25) is 0 Å². The van der Waals surface area contributed by atoms with Crippen molar-refractivity contribution in [2.75, 3.05) is 17.2 Å². The fourth-order valence-corrected chi connectivity index (χ4v) is 1.50. The van der Waals surface area contributed by atoms with Crippen LogP contribution in [0.1, 0.15) is 19.4 Å². The van der Waals surface area contributed by atoms with Gasteiger partial charge in [-0.05, 0) is 44.5 Å². The largest absolute Gasteiger partial charge is 0.412 e.